The van der Waals surface area contributed by atoms with Crippen LogP contribution in [0.5, 0.6) is 0 Å². The van der Waals surface area contributed by atoms with E-state index in [1.807, 2.05) is 0 Å². The standard InChI is InChI=1S/C10H10Cl2N2O4/c1-5(10(15)18-2)13-8-3-6(11)7(12)4-9(8)14(16)17/h3-5,13H,1-2H3. The van der Waals surface area contributed by atoms with Crippen LogP contribution in [0, 0.1) is 10.1 Å². The number of hydrogen-bond acceptors (Lipinski definition) is 5. The Bertz CT molecular complexity index is 493. The van der Waals surface area contributed by atoms with Crippen LogP contribution in [0.3, 0.4) is 0 Å². The second-order valence-corrected chi connectivity index (χ2v) is 4.24. The SMILES string of the molecule is COC(=O)C(C)Nc1cc(Cl)c(Cl)cc1[N+](=O)[O-]. The van der Waals surface area contributed by atoms with Crippen molar-refractivity contribution in [2.75, 3.05) is 12.4 Å². The first-order chi connectivity index (χ1) is 8.36. The summed E-state index contributed by atoms with van der Waals surface area (Å²) < 4.78 is 4.51. The minimum Gasteiger partial charge on any atom is -0.467 e. The van der Waals surface area contributed by atoms with Gasteiger partial charge >= 0.3 is 5.97 Å². The van der Waals surface area contributed by atoms with Crippen molar-refractivity contribution in [2.24, 2.45) is 0 Å². The molecule has 1 aromatic carbocycles. The van der Waals surface area contributed by atoms with E-state index < -0.39 is 16.9 Å². The van der Waals surface area contributed by atoms with E-state index in [1.54, 1.807) is 0 Å². The van der Waals surface area contributed by atoms with Gasteiger partial charge in [0.1, 0.15) is 11.7 Å². The van der Waals surface area contributed by atoms with Gasteiger partial charge in [-0.1, -0.05) is 23.2 Å². The molecular formula is C10H10Cl2N2O4. The summed E-state index contributed by atoms with van der Waals surface area (Å²) in [5.41, 5.74) is -0.160. The van der Waals surface area contributed by atoms with Crippen molar-refractivity contribution in [3.8, 4) is 0 Å². The first-order valence-corrected chi connectivity index (χ1v) is 5.60. The van der Waals surface area contributed by atoms with Gasteiger partial charge < -0.3 is 10.1 Å². The molecule has 0 amide bonds. The maximum Gasteiger partial charge on any atom is 0.327 e. The Balaban J connectivity index is 3.11. The number of ether oxygens (including phenoxy) is 1. The molecule has 0 heterocycles. The smallest absolute Gasteiger partial charge is 0.327 e. The quantitative estimate of drug-likeness (QED) is 0.524. The summed E-state index contributed by atoms with van der Waals surface area (Å²) in [4.78, 5) is 21.5. The zero-order chi connectivity index (χ0) is 13.9. The van der Waals surface area contributed by atoms with Crippen LogP contribution in [-0.2, 0) is 9.53 Å². The molecule has 6 nitrogen and oxygen atoms in total. The van der Waals surface area contributed by atoms with Crippen molar-refractivity contribution in [1.29, 1.82) is 0 Å². The summed E-state index contributed by atoms with van der Waals surface area (Å²) in [6.45, 7) is 1.51. The van der Waals surface area contributed by atoms with E-state index in [0.717, 1.165) is 6.07 Å². The van der Waals surface area contributed by atoms with Gasteiger partial charge in [-0.3, -0.25) is 10.1 Å². The van der Waals surface area contributed by atoms with Gasteiger partial charge in [0.05, 0.1) is 22.1 Å². The van der Waals surface area contributed by atoms with E-state index >= 15 is 0 Å². The molecule has 0 aliphatic heterocycles. The summed E-state index contributed by atoms with van der Waals surface area (Å²) in [5.74, 6) is -0.546. The number of nitrogens with one attached hydrogen (secondary N) is 1. The van der Waals surface area contributed by atoms with Crippen molar-refractivity contribution in [3.63, 3.8) is 0 Å². The van der Waals surface area contributed by atoms with Crippen LogP contribution in [0.15, 0.2) is 12.1 Å². The summed E-state index contributed by atoms with van der Waals surface area (Å²) in [5, 5.41) is 13.7. The van der Waals surface area contributed by atoms with Gasteiger partial charge in [-0.25, -0.2) is 4.79 Å². The van der Waals surface area contributed by atoms with E-state index in [4.69, 9.17) is 23.2 Å². The highest BCUT2D eigenvalue weighted by atomic mass is 35.5. The fourth-order valence-corrected chi connectivity index (χ4v) is 1.59. The average Bonchev–Trinajstić information content (AvgIpc) is 2.31. The molecule has 0 radical (unpaired) electrons. The van der Waals surface area contributed by atoms with Crippen molar-refractivity contribution >= 4 is 40.5 Å². The van der Waals surface area contributed by atoms with Gasteiger partial charge in [-0.05, 0) is 13.0 Å². The molecule has 0 saturated heterocycles. The molecule has 0 bridgehead atoms. The number of anilines is 1. The summed E-state index contributed by atoms with van der Waals surface area (Å²) in [6.07, 6.45) is 0. The second kappa shape index (κ2) is 5.88. The van der Waals surface area contributed by atoms with Gasteiger partial charge in [0.15, 0.2) is 0 Å². The second-order valence-electron chi connectivity index (χ2n) is 3.43. The van der Waals surface area contributed by atoms with Crippen LogP contribution in [0.2, 0.25) is 10.0 Å². The molecule has 1 rings (SSSR count). The third kappa shape index (κ3) is 3.24. The highest BCUT2D eigenvalue weighted by Gasteiger charge is 2.21. The van der Waals surface area contributed by atoms with Crippen molar-refractivity contribution in [1.82, 2.24) is 0 Å². The fourth-order valence-electron chi connectivity index (χ4n) is 1.27. The van der Waals surface area contributed by atoms with Crippen molar-refractivity contribution in [2.45, 2.75) is 13.0 Å². The van der Waals surface area contributed by atoms with Gasteiger partial charge in [0.25, 0.3) is 5.69 Å². The first-order valence-electron chi connectivity index (χ1n) is 4.84. The number of nitro groups is 1. The Morgan fingerprint density at radius 3 is 2.50 bits per heavy atom. The third-order valence-corrected chi connectivity index (χ3v) is 2.88. The van der Waals surface area contributed by atoms with E-state index in [9.17, 15) is 14.9 Å². The monoisotopic (exact) mass is 292 g/mol. The van der Waals surface area contributed by atoms with Crippen LogP contribution < -0.4 is 5.32 Å². The number of hydrogen-bond donors (Lipinski definition) is 1. The molecular weight excluding hydrogens is 283 g/mol. The molecule has 1 aromatic rings. The summed E-state index contributed by atoms with van der Waals surface area (Å²) in [6, 6.07) is 1.67. The highest BCUT2D eigenvalue weighted by molar-refractivity contribution is 6.42. The van der Waals surface area contributed by atoms with E-state index in [-0.39, 0.29) is 21.4 Å². The highest BCUT2D eigenvalue weighted by Crippen LogP contribution is 2.34. The molecule has 1 atom stereocenters. The predicted molar refractivity (Wildman–Crippen MR) is 68.2 cm³/mol. The maximum atomic E-state index is 11.2. The Kier molecular flexibility index (Phi) is 4.75. The Hall–Kier alpha value is -1.53. The van der Waals surface area contributed by atoms with Crippen LogP contribution in [-0.4, -0.2) is 24.0 Å². The molecule has 1 unspecified atom stereocenters. The number of rotatable bonds is 4. The molecule has 1 N–H and O–H groups in total. The molecule has 0 aliphatic rings. The van der Waals surface area contributed by atoms with Crippen LogP contribution in [0.25, 0.3) is 0 Å². The van der Waals surface area contributed by atoms with Gasteiger partial charge in [-0.2, -0.15) is 0 Å². The lowest BCUT2D eigenvalue weighted by Gasteiger charge is -2.13. The molecule has 98 valence electrons. The topological polar surface area (TPSA) is 81.5 Å². The van der Waals surface area contributed by atoms with Crippen molar-refractivity contribution < 1.29 is 14.5 Å². The number of nitrogens with zero attached hydrogens (tertiary/aromatic N) is 1. The minimum absolute atomic E-state index is 0.0691. The molecule has 0 fully saturated rings. The zero-order valence-corrected chi connectivity index (χ0v) is 11.1. The number of carbonyl (C=O) groups excluding carboxylic acids is 1. The Labute approximate surface area is 113 Å². The maximum absolute atomic E-state index is 11.2. The van der Waals surface area contributed by atoms with Gasteiger partial charge in [-0.15, -0.1) is 0 Å². The lowest BCUT2D eigenvalue weighted by Crippen LogP contribution is -2.27. The lowest BCUT2D eigenvalue weighted by molar-refractivity contribution is -0.384. The minimum atomic E-state index is -0.744. The van der Waals surface area contributed by atoms with Gasteiger partial charge in [0.2, 0.25) is 0 Å². The molecule has 0 aliphatic carbocycles. The van der Waals surface area contributed by atoms with Crippen LogP contribution in [0.4, 0.5) is 11.4 Å². The largest absolute Gasteiger partial charge is 0.467 e. The average molecular weight is 293 g/mol. The third-order valence-electron chi connectivity index (χ3n) is 2.16. The number of esters is 1. The molecule has 0 aromatic heterocycles. The van der Waals surface area contributed by atoms with Crippen LogP contribution >= 0.6 is 23.2 Å². The van der Waals surface area contributed by atoms with E-state index in [2.05, 4.69) is 10.1 Å². The Morgan fingerprint density at radius 2 is 2.00 bits per heavy atom. The summed E-state index contributed by atoms with van der Waals surface area (Å²) >= 11 is 11.5. The zero-order valence-electron chi connectivity index (χ0n) is 9.57. The molecule has 18 heavy (non-hydrogen) atoms. The summed E-state index contributed by atoms with van der Waals surface area (Å²) in [7, 11) is 1.23. The first kappa shape index (κ1) is 14.5. The fraction of sp³-hybridized carbons (Fsp3) is 0.300. The molecule has 8 heteroatoms. The van der Waals surface area contributed by atoms with Crippen molar-refractivity contribution in [3.05, 3.63) is 32.3 Å². The molecule has 0 saturated carbocycles. The number of nitro benzene ring substituents is 1. The number of benzene rings is 1. The number of halogens is 2. The van der Waals surface area contributed by atoms with Gasteiger partial charge in [0, 0.05) is 6.07 Å². The van der Waals surface area contributed by atoms with Crippen LogP contribution in [0.1, 0.15) is 6.92 Å². The molecule has 0 spiro atoms. The number of carbonyl (C=O) groups is 1. The Morgan fingerprint density at radius 1 is 1.44 bits per heavy atom. The normalized spacial score (nSPS) is 11.8. The van der Waals surface area contributed by atoms with E-state index in [1.165, 1.54) is 20.1 Å². The predicted octanol–water partition coefficient (Wildman–Crippen LogP) is 2.88. The van der Waals surface area contributed by atoms with E-state index in [0.29, 0.717) is 0 Å². The number of methoxy groups -OCH3 is 1. The lowest BCUT2D eigenvalue weighted by atomic mass is 10.2.